The van der Waals surface area contributed by atoms with E-state index in [9.17, 15) is 29.8 Å². The van der Waals surface area contributed by atoms with Gasteiger partial charge in [0, 0.05) is 41.7 Å². The number of carbonyl (C=O) groups is 2. The number of rotatable bonds is 5. The summed E-state index contributed by atoms with van der Waals surface area (Å²) >= 11 is 11.2. The van der Waals surface area contributed by atoms with Gasteiger partial charge in [0.05, 0.1) is 9.85 Å². The Bertz CT molecular complexity index is 1250. The molecule has 34 heavy (non-hydrogen) atoms. The average molecular weight is 506 g/mol. The lowest BCUT2D eigenvalue weighted by molar-refractivity contribution is -0.384. The number of amides is 2. The number of hydrogen-bond donors (Lipinski definition) is 3. The van der Waals surface area contributed by atoms with E-state index >= 15 is 0 Å². The van der Waals surface area contributed by atoms with Gasteiger partial charge in [-0.15, -0.1) is 0 Å². The Kier molecular flexibility index (Phi) is 8.87. The van der Waals surface area contributed by atoms with Crippen LogP contribution in [-0.2, 0) is 4.79 Å². The third-order valence-corrected chi connectivity index (χ3v) is 4.67. The second-order valence-electron chi connectivity index (χ2n) is 6.60. The highest BCUT2D eigenvalue weighted by Gasteiger charge is 2.14. The molecular weight excluding hydrogens is 489 g/mol. The molecule has 4 N–H and O–H groups in total. The van der Waals surface area contributed by atoms with Gasteiger partial charge in [-0.1, -0.05) is 23.2 Å². The predicted octanol–water partition coefficient (Wildman–Crippen LogP) is 5.29. The van der Waals surface area contributed by atoms with E-state index in [0.29, 0.717) is 16.9 Å². The molecule has 0 atom stereocenters. The van der Waals surface area contributed by atoms with Crippen molar-refractivity contribution in [3.05, 3.63) is 96.5 Å². The van der Waals surface area contributed by atoms with E-state index in [1.807, 2.05) is 0 Å². The summed E-state index contributed by atoms with van der Waals surface area (Å²) in [6.07, 6.45) is 0. The van der Waals surface area contributed by atoms with Crippen LogP contribution in [0, 0.1) is 20.2 Å². The Balaban J connectivity index is 0.000000310. The topological polar surface area (TPSA) is 170 Å². The molecular formula is C21H17Cl2N5O6. The number of anilines is 3. The maximum absolute atomic E-state index is 12.1. The van der Waals surface area contributed by atoms with Gasteiger partial charge in [0.25, 0.3) is 17.3 Å². The first kappa shape index (κ1) is 26.0. The van der Waals surface area contributed by atoms with Crippen LogP contribution in [0.1, 0.15) is 17.3 Å². The first-order valence-electron chi connectivity index (χ1n) is 9.30. The van der Waals surface area contributed by atoms with Gasteiger partial charge < -0.3 is 16.4 Å². The third kappa shape index (κ3) is 7.43. The van der Waals surface area contributed by atoms with Crippen molar-refractivity contribution in [1.82, 2.24) is 0 Å². The SMILES string of the molecule is CC(=O)Nc1ccc(C(=O)Nc2ccc(Cl)c([N+](=O)[O-])c2)cc1.Nc1ccc(Cl)c([N+](=O)[O-])c1. The van der Waals surface area contributed by atoms with E-state index in [2.05, 4.69) is 10.6 Å². The summed E-state index contributed by atoms with van der Waals surface area (Å²) in [5, 5.41) is 26.3. The van der Waals surface area contributed by atoms with Crippen molar-refractivity contribution in [2.45, 2.75) is 6.92 Å². The molecule has 0 spiro atoms. The molecule has 0 aliphatic heterocycles. The number of hydrogen-bond acceptors (Lipinski definition) is 7. The van der Waals surface area contributed by atoms with Crippen LogP contribution in [0.3, 0.4) is 0 Å². The minimum absolute atomic E-state index is 0.00680. The standard InChI is InChI=1S/C15H12ClN3O4.C6H5ClN2O2/c1-9(20)17-11-4-2-10(3-5-11)15(21)18-12-6-7-13(16)14(8-12)19(22)23;7-5-2-1-4(8)3-6(5)9(10)11/h2-8H,1H3,(H,17,20)(H,18,21);1-3H,8H2. The lowest BCUT2D eigenvalue weighted by Gasteiger charge is -2.07. The van der Waals surface area contributed by atoms with E-state index in [0.717, 1.165) is 0 Å². The highest BCUT2D eigenvalue weighted by Crippen LogP contribution is 2.28. The lowest BCUT2D eigenvalue weighted by Crippen LogP contribution is -2.12. The number of nitrogens with two attached hydrogens (primary N) is 1. The van der Waals surface area contributed by atoms with Crippen LogP contribution in [0.5, 0.6) is 0 Å². The Hall–Kier alpha value is -4.22. The zero-order chi connectivity index (χ0) is 25.4. The van der Waals surface area contributed by atoms with Crippen molar-refractivity contribution in [3.8, 4) is 0 Å². The molecule has 176 valence electrons. The molecule has 3 aromatic carbocycles. The zero-order valence-electron chi connectivity index (χ0n) is 17.5. The first-order valence-corrected chi connectivity index (χ1v) is 10.1. The molecule has 0 fully saturated rings. The van der Waals surface area contributed by atoms with Crippen molar-refractivity contribution in [1.29, 1.82) is 0 Å². The molecule has 0 bridgehead atoms. The van der Waals surface area contributed by atoms with Crippen LogP contribution in [0.25, 0.3) is 0 Å². The Labute approximate surface area is 202 Å². The third-order valence-electron chi connectivity index (χ3n) is 4.04. The Morgan fingerprint density at radius 1 is 0.794 bits per heavy atom. The van der Waals surface area contributed by atoms with Crippen LogP contribution >= 0.6 is 23.2 Å². The maximum atomic E-state index is 12.1. The molecule has 0 unspecified atom stereocenters. The number of halogens is 2. The summed E-state index contributed by atoms with van der Waals surface area (Å²) in [5.41, 5.74) is 6.36. The van der Waals surface area contributed by atoms with E-state index in [1.165, 1.54) is 55.5 Å². The van der Waals surface area contributed by atoms with E-state index in [-0.39, 0.29) is 33.0 Å². The van der Waals surface area contributed by atoms with Gasteiger partial charge in [0.2, 0.25) is 5.91 Å². The number of benzene rings is 3. The number of nitro benzene ring substituents is 2. The van der Waals surface area contributed by atoms with Gasteiger partial charge in [-0.05, 0) is 48.5 Å². The van der Waals surface area contributed by atoms with Crippen LogP contribution in [-0.4, -0.2) is 21.7 Å². The van der Waals surface area contributed by atoms with E-state index < -0.39 is 15.8 Å². The predicted molar refractivity (Wildman–Crippen MR) is 129 cm³/mol. The van der Waals surface area contributed by atoms with Crippen molar-refractivity contribution < 1.29 is 19.4 Å². The molecule has 0 aliphatic carbocycles. The number of nitrogens with zero attached hydrogens (tertiary/aromatic N) is 2. The van der Waals surface area contributed by atoms with Crippen molar-refractivity contribution in [3.63, 3.8) is 0 Å². The summed E-state index contributed by atoms with van der Waals surface area (Å²) in [6.45, 7) is 1.38. The Morgan fingerprint density at radius 3 is 1.79 bits per heavy atom. The number of carbonyl (C=O) groups excluding carboxylic acids is 2. The first-order chi connectivity index (χ1) is 16.0. The molecule has 13 heteroatoms. The molecule has 3 rings (SSSR count). The minimum Gasteiger partial charge on any atom is -0.399 e. The number of nitro groups is 2. The zero-order valence-corrected chi connectivity index (χ0v) is 19.0. The van der Waals surface area contributed by atoms with E-state index in [4.69, 9.17) is 28.9 Å². The molecule has 0 aromatic heterocycles. The summed E-state index contributed by atoms with van der Waals surface area (Å²) in [7, 11) is 0. The van der Waals surface area contributed by atoms with Gasteiger partial charge in [-0.3, -0.25) is 29.8 Å². The normalized spacial score (nSPS) is 9.85. The second-order valence-corrected chi connectivity index (χ2v) is 7.42. The quantitative estimate of drug-likeness (QED) is 0.240. The van der Waals surface area contributed by atoms with Gasteiger partial charge in [-0.2, -0.15) is 0 Å². The lowest BCUT2D eigenvalue weighted by atomic mass is 10.2. The smallest absolute Gasteiger partial charge is 0.289 e. The molecule has 3 aromatic rings. The largest absolute Gasteiger partial charge is 0.399 e. The van der Waals surface area contributed by atoms with Crippen LogP contribution in [0.4, 0.5) is 28.4 Å². The molecule has 11 nitrogen and oxygen atoms in total. The van der Waals surface area contributed by atoms with Crippen LogP contribution < -0.4 is 16.4 Å². The Morgan fingerprint density at radius 2 is 1.29 bits per heavy atom. The van der Waals surface area contributed by atoms with Crippen LogP contribution in [0.15, 0.2) is 60.7 Å². The maximum Gasteiger partial charge on any atom is 0.289 e. The van der Waals surface area contributed by atoms with Crippen LogP contribution in [0.2, 0.25) is 10.0 Å². The van der Waals surface area contributed by atoms with Gasteiger partial charge in [0.1, 0.15) is 10.0 Å². The fraction of sp³-hybridized carbons (Fsp3) is 0.0476. The van der Waals surface area contributed by atoms with Crippen molar-refractivity contribution >= 4 is 63.5 Å². The second kappa shape index (κ2) is 11.6. The van der Waals surface area contributed by atoms with Crippen molar-refractivity contribution in [2.75, 3.05) is 16.4 Å². The molecule has 0 heterocycles. The monoisotopic (exact) mass is 505 g/mol. The molecule has 0 saturated heterocycles. The molecule has 0 saturated carbocycles. The fourth-order valence-electron chi connectivity index (χ4n) is 2.51. The summed E-state index contributed by atoms with van der Waals surface area (Å²) in [4.78, 5) is 42.9. The molecule has 0 aliphatic rings. The minimum atomic E-state index is -0.625. The number of nitrogen functional groups attached to an aromatic ring is 1. The fourth-order valence-corrected chi connectivity index (χ4v) is 2.88. The summed E-state index contributed by atoms with van der Waals surface area (Å²) < 4.78 is 0. The van der Waals surface area contributed by atoms with Gasteiger partial charge in [-0.25, -0.2) is 0 Å². The van der Waals surface area contributed by atoms with Crippen molar-refractivity contribution in [2.24, 2.45) is 0 Å². The average Bonchev–Trinajstić information content (AvgIpc) is 2.77. The number of nitrogens with one attached hydrogen (secondary N) is 2. The molecule has 0 radical (unpaired) electrons. The highest BCUT2D eigenvalue weighted by molar-refractivity contribution is 6.33. The molecule has 2 amide bonds. The summed E-state index contributed by atoms with van der Waals surface area (Å²) in [6, 6.07) is 14.4. The summed E-state index contributed by atoms with van der Waals surface area (Å²) in [5.74, 6) is -0.647. The highest BCUT2D eigenvalue weighted by atomic mass is 35.5. The van der Waals surface area contributed by atoms with Gasteiger partial charge >= 0.3 is 0 Å². The van der Waals surface area contributed by atoms with E-state index in [1.54, 1.807) is 12.1 Å². The van der Waals surface area contributed by atoms with Gasteiger partial charge in [0.15, 0.2) is 0 Å².